The first kappa shape index (κ1) is 17.3. The third-order valence-electron chi connectivity index (χ3n) is 5.68. The molecule has 0 bridgehead atoms. The normalized spacial score (nSPS) is 35.0. The summed E-state index contributed by atoms with van der Waals surface area (Å²) in [6, 6.07) is 0.787. The van der Waals surface area contributed by atoms with Gasteiger partial charge in [0, 0.05) is 19.1 Å². The van der Waals surface area contributed by atoms with Crippen LogP contribution in [0.15, 0.2) is 0 Å². The molecule has 0 aromatic rings. The maximum absolute atomic E-state index is 3.86. The van der Waals surface area contributed by atoms with Gasteiger partial charge in [-0.15, -0.1) is 0 Å². The molecule has 2 aliphatic rings. The molecule has 1 N–H and O–H groups in total. The summed E-state index contributed by atoms with van der Waals surface area (Å²) in [6.07, 6.45) is 11.3. The summed E-state index contributed by atoms with van der Waals surface area (Å²) in [5.74, 6) is 2.81. The standard InChI is InChI=1S/C19H38N2/c1-4-7-17-9-10-19(20-11-5-2)18(13-17)15-21-12-6-8-16(3)14-21/h16-20H,4-15H2,1-3H3. The van der Waals surface area contributed by atoms with Crippen molar-refractivity contribution < 1.29 is 0 Å². The molecular formula is C19H38N2. The van der Waals surface area contributed by atoms with Gasteiger partial charge in [0.05, 0.1) is 0 Å². The van der Waals surface area contributed by atoms with Crippen LogP contribution in [-0.2, 0) is 0 Å². The number of rotatable bonds is 7. The van der Waals surface area contributed by atoms with Crippen LogP contribution >= 0.6 is 0 Å². The molecule has 1 saturated carbocycles. The minimum Gasteiger partial charge on any atom is -0.314 e. The van der Waals surface area contributed by atoms with Crippen LogP contribution in [0.3, 0.4) is 0 Å². The molecule has 0 spiro atoms. The SMILES string of the molecule is CCCNC1CCC(CCC)CC1CN1CCCC(C)C1. The Morgan fingerprint density at radius 1 is 1.10 bits per heavy atom. The van der Waals surface area contributed by atoms with Crippen molar-refractivity contribution in [1.82, 2.24) is 10.2 Å². The Morgan fingerprint density at radius 3 is 2.67 bits per heavy atom. The molecule has 0 radical (unpaired) electrons. The first-order valence-electron chi connectivity index (χ1n) is 9.68. The highest BCUT2D eigenvalue weighted by Gasteiger charge is 2.31. The second-order valence-electron chi connectivity index (χ2n) is 7.80. The number of nitrogens with one attached hydrogen (secondary N) is 1. The van der Waals surface area contributed by atoms with Crippen molar-refractivity contribution in [3.8, 4) is 0 Å². The van der Waals surface area contributed by atoms with Crippen molar-refractivity contribution in [1.29, 1.82) is 0 Å². The second kappa shape index (κ2) is 9.15. The van der Waals surface area contributed by atoms with Gasteiger partial charge in [0.2, 0.25) is 0 Å². The minimum atomic E-state index is 0.787. The molecule has 1 saturated heterocycles. The van der Waals surface area contributed by atoms with E-state index in [2.05, 4.69) is 31.0 Å². The van der Waals surface area contributed by atoms with Gasteiger partial charge in [0.1, 0.15) is 0 Å². The zero-order chi connectivity index (χ0) is 15.1. The van der Waals surface area contributed by atoms with Gasteiger partial charge in [-0.1, -0.05) is 33.6 Å². The van der Waals surface area contributed by atoms with Gasteiger partial charge in [-0.2, -0.15) is 0 Å². The van der Waals surface area contributed by atoms with Crippen LogP contribution in [0.25, 0.3) is 0 Å². The van der Waals surface area contributed by atoms with E-state index in [-0.39, 0.29) is 0 Å². The number of hydrogen-bond donors (Lipinski definition) is 1. The van der Waals surface area contributed by atoms with Crippen molar-refractivity contribution in [2.45, 2.75) is 78.2 Å². The average Bonchev–Trinajstić information content (AvgIpc) is 2.47. The average molecular weight is 295 g/mol. The Balaban J connectivity index is 1.88. The molecule has 0 amide bonds. The number of likely N-dealkylation sites (tertiary alicyclic amines) is 1. The van der Waals surface area contributed by atoms with Crippen LogP contribution in [0.1, 0.15) is 72.1 Å². The lowest BCUT2D eigenvalue weighted by molar-refractivity contribution is 0.107. The van der Waals surface area contributed by atoms with E-state index in [0.717, 1.165) is 23.8 Å². The molecule has 2 heteroatoms. The van der Waals surface area contributed by atoms with Crippen molar-refractivity contribution >= 4 is 0 Å². The summed E-state index contributed by atoms with van der Waals surface area (Å²) in [6.45, 7) is 12.3. The summed E-state index contributed by atoms with van der Waals surface area (Å²) in [7, 11) is 0. The molecule has 1 heterocycles. The molecular weight excluding hydrogens is 256 g/mol. The highest BCUT2D eigenvalue weighted by molar-refractivity contribution is 4.87. The molecule has 2 rings (SSSR count). The van der Waals surface area contributed by atoms with Crippen LogP contribution in [0.5, 0.6) is 0 Å². The Hall–Kier alpha value is -0.0800. The monoisotopic (exact) mass is 294 g/mol. The third kappa shape index (κ3) is 5.56. The Bertz CT molecular complexity index is 279. The van der Waals surface area contributed by atoms with Gasteiger partial charge in [0.15, 0.2) is 0 Å². The van der Waals surface area contributed by atoms with Crippen LogP contribution in [-0.4, -0.2) is 37.1 Å². The van der Waals surface area contributed by atoms with E-state index in [0.29, 0.717) is 0 Å². The van der Waals surface area contributed by atoms with E-state index in [9.17, 15) is 0 Å². The predicted octanol–water partition coefficient (Wildman–Crippen LogP) is 4.30. The second-order valence-corrected chi connectivity index (χ2v) is 7.80. The third-order valence-corrected chi connectivity index (χ3v) is 5.68. The topological polar surface area (TPSA) is 15.3 Å². The largest absolute Gasteiger partial charge is 0.314 e. The number of nitrogens with zero attached hydrogens (tertiary/aromatic N) is 1. The van der Waals surface area contributed by atoms with E-state index < -0.39 is 0 Å². The van der Waals surface area contributed by atoms with Crippen LogP contribution in [0, 0.1) is 17.8 Å². The van der Waals surface area contributed by atoms with Crippen LogP contribution < -0.4 is 5.32 Å². The molecule has 0 aromatic carbocycles. The maximum Gasteiger partial charge on any atom is 0.0108 e. The van der Waals surface area contributed by atoms with Gasteiger partial charge >= 0.3 is 0 Å². The smallest absolute Gasteiger partial charge is 0.0108 e. The quantitative estimate of drug-likeness (QED) is 0.753. The summed E-state index contributed by atoms with van der Waals surface area (Å²) >= 11 is 0. The fourth-order valence-electron chi connectivity index (χ4n) is 4.62. The lowest BCUT2D eigenvalue weighted by atomic mass is 9.75. The summed E-state index contributed by atoms with van der Waals surface area (Å²) in [4.78, 5) is 2.77. The van der Waals surface area contributed by atoms with Crippen molar-refractivity contribution in [3.05, 3.63) is 0 Å². The zero-order valence-corrected chi connectivity index (χ0v) is 14.7. The van der Waals surface area contributed by atoms with E-state index in [1.165, 1.54) is 77.5 Å². The van der Waals surface area contributed by atoms with Crippen molar-refractivity contribution in [2.75, 3.05) is 26.2 Å². The molecule has 21 heavy (non-hydrogen) atoms. The fraction of sp³-hybridized carbons (Fsp3) is 1.00. The van der Waals surface area contributed by atoms with E-state index in [1.807, 2.05) is 0 Å². The Morgan fingerprint density at radius 2 is 1.95 bits per heavy atom. The molecule has 124 valence electrons. The van der Waals surface area contributed by atoms with Gasteiger partial charge in [0.25, 0.3) is 0 Å². The Labute approximate surface area is 133 Å². The molecule has 4 unspecified atom stereocenters. The highest BCUT2D eigenvalue weighted by atomic mass is 15.1. The Kier molecular flexibility index (Phi) is 7.53. The van der Waals surface area contributed by atoms with Crippen LogP contribution in [0.4, 0.5) is 0 Å². The molecule has 4 atom stereocenters. The molecule has 2 nitrogen and oxygen atoms in total. The van der Waals surface area contributed by atoms with Gasteiger partial charge in [-0.05, 0) is 69.4 Å². The van der Waals surface area contributed by atoms with E-state index >= 15 is 0 Å². The van der Waals surface area contributed by atoms with Crippen molar-refractivity contribution in [3.63, 3.8) is 0 Å². The van der Waals surface area contributed by atoms with Gasteiger partial charge < -0.3 is 10.2 Å². The van der Waals surface area contributed by atoms with Crippen LogP contribution in [0.2, 0.25) is 0 Å². The van der Waals surface area contributed by atoms with E-state index in [4.69, 9.17) is 0 Å². The highest BCUT2D eigenvalue weighted by Crippen LogP contribution is 2.33. The first-order valence-corrected chi connectivity index (χ1v) is 9.68. The van der Waals surface area contributed by atoms with Gasteiger partial charge in [-0.3, -0.25) is 0 Å². The number of piperidine rings is 1. The zero-order valence-electron chi connectivity index (χ0n) is 14.7. The fourth-order valence-corrected chi connectivity index (χ4v) is 4.62. The lowest BCUT2D eigenvalue weighted by Crippen LogP contribution is -2.47. The van der Waals surface area contributed by atoms with E-state index in [1.54, 1.807) is 0 Å². The molecule has 2 fully saturated rings. The number of hydrogen-bond acceptors (Lipinski definition) is 2. The first-order chi connectivity index (χ1) is 10.2. The van der Waals surface area contributed by atoms with Crippen molar-refractivity contribution in [2.24, 2.45) is 17.8 Å². The molecule has 1 aliphatic heterocycles. The summed E-state index contributed by atoms with van der Waals surface area (Å²) < 4.78 is 0. The summed E-state index contributed by atoms with van der Waals surface area (Å²) in [5, 5.41) is 3.86. The minimum absolute atomic E-state index is 0.787. The molecule has 1 aliphatic carbocycles. The van der Waals surface area contributed by atoms with Gasteiger partial charge in [-0.25, -0.2) is 0 Å². The maximum atomic E-state index is 3.86. The predicted molar refractivity (Wildman–Crippen MR) is 92.7 cm³/mol. The lowest BCUT2D eigenvalue weighted by Gasteiger charge is -2.41. The summed E-state index contributed by atoms with van der Waals surface area (Å²) in [5.41, 5.74) is 0. The molecule has 0 aromatic heterocycles.